The minimum atomic E-state index is -3.71. The molecule has 6 nitrogen and oxygen atoms in total. The second-order valence-corrected chi connectivity index (χ2v) is 6.39. The number of ether oxygens (including phenoxy) is 1. The van der Waals surface area contributed by atoms with Crippen LogP contribution in [0.2, 0.25) is 0 Å². The Balaban J connectivity index is 2.33. The summed E-state index contributed by atoms with van der Waals surface area (Å²) in [5.74, 6) is 0.902. The second-order valence-electron chi connectivity index (χ2n) is 4.74. The average Bonchev–Trinajstić information content (AvgIpc) is 2.78. The quantitative estimate of drug-likeness (QED) is 0.916. The van der Waals surface area contributed by atoms with Crippen molar-refractivity contribution in [3.8, 4) is 5.75 Å². The van der Waals surface area contributed by atoms with Crippen molar-refractivity contribution in [2.24, 2.45) is 0 Å². The summed E-state index contributed by atoms with van der Waals surface area (Å²) < 4.78 is 37.7. The maximum atomic E-state index is 12.5. The molecule has 2 rings (SSSR count). The lowest BCUT2D eigenvalue weighted by Gasteiger charge is -2.17. The summed E-state index contributed by atoms with van der Waals surface area (Å²) >= 11 is 0. The number of aromatic nitrogens is 1. The van der Waals surface area contributed by atoms with Crippen molar-refractivity contribution in [1.29, 1.82) is 0 Å². The maximum absolute atomic E-state index is 12.5. The average molecular weight is 310 g/mol. The van der Waals surface area contributed by atoms with Crippen molar-refractivity contribution in [2.75, 3.05) is 7.11 Å². The predicted octanol–water partition coefficient (Wildman–Crippen LogP) is 2.34. The van der Waals surface area contributed by atoms with E-state index in [1.165, 1.54) is 0 Å². The van der Waals surface area contributed by atoms with Crippen LogP contribution in [-0.4, -0.2) is 20.7 Å². The number of benzene rings is 1. The van der Waals surface area contributed by atoms with Crippen LogP contribution in [0.4, 0.5) is 0 Å². The Morgan fingerprint density at radius 2 is 1.95 bits per heavy atom. The topological polar surface area (TPSA) is 81.4 Å². The summed E-state index contributed by atoms with van der Waals surface area (Å²) in [6, 6.07) is 6.83. The smallest absolute Gasteiger partial charge is 0.246 e. The normalized spacial score (nSPS) is 13.1. The van der Waals surface area contributed by atoms with Gasteiger partial charge in [-0.2, -0.15) is 0 Å². The van der Waals surface area contributed by atoms with Crippen molar-refractivity contribution < 1.29 is 17.7 Å². The molecule has 114 valence electrons. The minimum absolute atomic E-state index is 0.0873. The number of hydrogen-bond donors (Lipinski definition) is 1. The molecule has 0 amide bonds. The summed E-state index contributed by atoms with van der Waals surface area (Å²) in [6.07, 6.45) is 0. The first-order chi connectivity index (χ1) is 9.86. The molecule has 0 saturated carbocycles. The molecule has 1 heterocycles. The summed E-state index contributed by atoms with van der Waals surface area (Å²) in [5, 5.41) is 3.68. The van der Waals surface area contributed by atoms with Crippen LogP contribution >= 0.6 is 0 Å². The third kappa shape index (κ3) is 3.08. The molecule has 1 N–H and O–H groups in total. The molecule has 0 aliphatic carbocycles. The van der Waals surface area contributed by atoms with Crippen LogP contribution in [0, 0.1) is 13.8 Å². The van der Waals surface area contributed by atoms with Gasteiger partial charge in [-0.25, -0.2) is 13.1 Å². The van der Waals surface area contributed by atoms with Gasteiger partial charge in [0.2, 0.25) is 10.0 Å². The Hall–Kier alpha value is -1.86. The standard InChI is InChI=1S/C14H18N2O4S/c1-9(12-7-5-6-8-13(12)19-4)16-21(17,18)14-10(2)15-20-11(14)3/h5-9,16H,1-4H3. The van der Waals surface area contributed by atoms with Crippen LogP contribution in [0.3, 0.4) is 0 Å². The molecular formula is C14H18N2O4S. The molecule has 2 aromatic rings. The fourth-order valence-corrected chi connectivity index (χ4v) is 3.79. The van der Waals surface area contributed by atoms with Crippen molar-refractivity contribution >= 4 is 10.0 Å². The largest absolute Gasteiger partial charge is 0.496 e. The highest BCUT2D eigenvalue weighted by atomic mass is 32.2. The van der Waals surface area contributed by atoms with Crippen LogP contribution in [0.5, 0.6) is 5.75 Å². The number of hydrogen-bond acceptors (Lipinski definition) is 5. The number of methoxy groups -OCH3 is 1. The molecular weight excluding hydrogens is 292 g/mol. The molecule has 1 aromatic carbocycles. The third-order valence-electron chi connectivity index (χ3n) is 3.17. The highest BCUT2D eigenvalue weighted by Gasteiger charge is 2.26. The molecule has 0 fully saturated rings. The van der Waals surface area contributed by atoms with Gasteiger partial charge < -0.3 is 9.26 Å². The monoisotopic (exact) mass is 310 g/mol. The van der Waals surface area contributed by atoms with Gasteiger partial charge >= 0.3 is 0 Å². The van der Waals surface area contributed by atoms with Crippen LogP contribution in [0.15, 0.2) is 33.7 Å². The van der Waals surface area contributed by atoms with Gasteiger partial charge in [-0.3, -0.25) is 0 Å². The molecule has 7 heteroatoms. The van der Waals surface area contributed by atoms with Crippen LogP contribution in [0.1, 0.15) is 30.0 Å². The number of para-hydroxylation sites is 1. The lowest BCUT2D eigenvalue weighted by atomic mass is 10.1. The van der Waals surface area contributed by atoms with Gasteiger partial charge in [-0.15, -0.1) is 0 Å². The van der Waals surface area contributed by atoms with Gasteiger partial charge in [0.05, 0.1) is 7.11 Å². The van der Waals surface area contributed by atoms with E-state index in [0.717, 1.165) is 5.56 Å². The summed E-state index contributed by atoms with van der Waals surface area (Å²) in [5.41, 5.74) is 1.10. The van der Waals surface area contributed by atoms with Crippen molar-refractivity contribution in [3.05, 3.63) is 41.3 Å². The molecule has 21 heavy (non-hydrogen) atoms. The minimum Gasteiger partial charge on any atom is -0.496 e. The summed E-state index contributed by atoms with van der Waals surface area (Å²) in [7, 11) is -2.16. The number of nitrogens with zero attached hydrogens (tertiary/aromatic N) is 1. The molecule has 0 saturated heterocycles. The Labute approximate surface area is 124 Å². The predicted molar refractivity (Wildman–Crippen MR) is 77.7 cm³/mol. The van der Waals surface area contributed by atoms with Gasteiger partial charge in [0, 0.05) is 11.6 Å². The first-order valence-electron chi connectivity index (χ1n) is 6.45. The van der Waals surface area contributed by atoms with E-state index in [1.54, 1.807) is 33.9 Å². The second kappa shape index (κ2) is 5.87. The van der Waals surface area contributed by atoms with Gasteiger partial charge in [-0.1, -0.05) is 23.4 Å². The Kier molecular flexibility index (Phi) is 4.34. The number of sulfonamides is 1. The van der Waals surface area contributed by atoms with Crippen molar-refractivity contribution in [1.82, 2.24) is 9.88 Å². The molecule has 1 unspecified atom stereocenters. The number of nitrogens with one attached hydrogen (secondary N) is 1. The molecule has 0 radical (unpaired) electrons. The fourth-order valence-electron chi connectivity index (χ4n) is 2.24. The highest BCUT2D eigenvalue weighted by molar-refractivity contribution is 7.89. The lowest BCUT2D eigenvalue weighted by Crippen LogP contribution is -2.28. The van der Waals surface area contributed by atoms with Crippen molar-refractivity contribution in [3.63, 3.8) is 0 Å². The van der Waals surface area contributed by atoms with Crippen LogP contribution in [0.25, 0.3) is 0 Å². The van der Waals surface area contributed by atoms with E-state index in [2.05, 4.69) is 9.88 Å². The van der Waals surface area contributed by atoms with Crippen LogP contribution < -0.4 is 9.46 Å². The molecule has 1 atom stereocenters. The van der Waals surface area contributed by atoms with Gasteiger partial charge in [0.15, 0.2) is 5.76 Å². The first kappa shape index (κ1) is 15.5. The van der Waals surface area contributed by atoms with Gasteiger partial charge in [0.25, 0.3) is 0 Å². The van der Waals surface area contributed by atoms with E-state index < -0.39 is 16.1 Å². The fraction of sp³-hybridized carbons (Fsp3) is 0.357. The maximum Gasteiger partial charge on any atom is 0.246 e. The first-order valence-corrected chi connectivity index (χ1v) is 7.93. The van der Waals surface area contributed by atoms with Gasteiger partial charge in [0.1, 0.15) is 16.3 Å². The van der Waals surface area contributed by atoms with E-state index in [0.29, 0.717) is 11.4 Å². The third-order valence-corrected chi connectivity index (χ3v) is 4.96. The Bertz CT molecular complexity index is 718. The van der Waals surface area contributed by atoms with Crippen molar-refractivity contribution in [2.45, 2.75) is 31.7 Å². The van der Waals surface area contributed by atoms with E-state index in [1.807, 2.05) is 18.2 Å². The van der Waals surface area contributed by atoms with E-state index in [4.69, 9.17) is 9.26 Å². The zero-order chi connectivity index (χ0) is 15.6. The molecule has 0 bridgehead atoms. The van der Waals surface area contributed by atoms with Crippen LogP contribution in [-0.2, 0) is 10.0 Å². The molecule has 0 spiro atoms. The summed E-state index contributed by atoms with van der Waals surface area (Å²) in [6.45, 7) is 4.93. The Morgan fingerprint density at radius 1 is 1.29 bits per heavy atom. The zero-order valence-corrected chi connectivity index (χ0v) is 13.2. The Morgan fingerprint density at radius 3 is 2.52 bits per heavy atom. The zero-order valence-electron chi connectivity index (χ0n) is 12.4. The lowest BCUT2D eigenvalue weighted by molar-refractivity contribution is 0.390. The summed E-state index contributed by atoms with van der Waals surface area (Å²) in [4.78, 5) is 0.0873. The SMILES string of the molecule is COc1ccccc1C(C)NS(=O)(=O)c1c(C)noc1C. The van der Waals surface area contributed by atoms with E-state index >= 15 is 0 Å². The molecule has 0 aliphatic rings. The number of rotatable bonds is 5. The molecule has 1 aromatic heterocycles. The van der Waals surface area contributed by atoms with E-state index in [-0.39, 0.29) is 10.7 Å². The van der Waals surface area contributed by atoms with E-state index in [9.17, 15) is 8.42 Å². The molecule has 0 aliphatic heterocycles. The highest BCUT2D eigenvalue weighted by Crippen LogP contribution is 2.27. The number of aryl methyl sites for hydroxylation is 2. The van der Waals surface area contributed by atoms with Gasteiger partial charge in [-0.05, 0) is 26.8 Å².